The molecule has 0 aromatic rings. The maximum Gasteiger partial charge on any atom is 0.510 e. The second kappa shape index (κ2) is 17.5. The number of rotatable bonds is 20. The summed E-state index contributed by atoms with van der Waals surface area (Å²) in [5.41, 5.74) is -1.64. The number of amides is 1. The summed E-state index contributed by atoms with van der Waals surface area (Å²) in [6, 6.07) is 0. The molecule has 2 aliphatic heterocycles. The first-order valence-corrected chi connectivity index (χ1v) is 15.3. The van der Waals surface area contributed by atoms with Crippen molar-refractivity contribution in [1.29, 1.82) is 0 Å². The van der Waals surface area contributed by atoms with E-state index in [1.807, 2.05) is 0 Å². The average Bonchev–Trinajstić information content (AvgIpc) is 3.49. The van der Waals surface area contributed by atoms with Crippen LogP contribution in [0.25, 0.3) is 0 Å². The molecule has 2 fully saturated rings. The van der Waals surface area contributed by atoms with E-state index in [4.69, 9.17) is 56.2 Å². The van der Waals surface area contributed by atoms with Crippen molar-refractivity contribution in [2.24, 2.45) is 11.8 Å². The Bertz CT molecular complexity index is 1050. The third-order valence-corrected chi connectivity index (χ3v) is 8.36. The molecule has 1 saturated carbocycles. The minimum atomic E-state index is -4.80. The first kappa shape index (κ1) is 37.8. The highest BCUT2D eigenvalue weighted by Crippen LogP contribution is 2.67. The Balaban J connectivity index is 1.65. The molecule has 6 atom stereocenters. The Kier molecular flexibility index (Phi) is 14.4. The first-order valence-electron chi connectivity index (χ1n) is 13.9. The molecule has 21 heteroatoms. The van der Waals surface area contributed by atoms with Crippen LogP contribution in [-0.4, -0.2) is 140 Å². The van der Waals surface area contributed by atoms with E-state index in [1.54, 1.807) is 6.92 Å². The normalized spacial score (nSPS) is 27.0. The number of nitrogens with zero attached hydrogens (tertiary/aromatic N) is 1. The molecular formula is C25H40FN2O17P. The molecule has 2 N–H and O–H groups in total. The van der Waals surface area contributed by atoms with Crippen LogP contribution < -0.4 is 5.32 Å². The molecule has 1 aliphatic carbocycles. The number of nitrogens with one attached hydrogen (secondary N) is 1. The summed E-state index contributed by atoms with van der Waals surface area (Å²) < 4.78 is 89.3. The van der Waals surface area contributed by atoms with Crippen LogP contribution in [0.15, 0.2) is 12.3 Å². The molecule has 3 aliphatic rings. The van der Waals surface area contributed by atoms with Crippen molar-refractivity contribution in [3.05, 3.63) is 12.3 Å². The summed E-state index contributed by atoms with van der Waals surface area (Å²) in [6.07, 6.45) is -5.23. The molecule has 1 saturated heterocycles. The number of aliphatic hydroxyl groups excluding tert-OH is 1. The number of hydrogen-bond donors (Lipinski definition) is 2. The van der Waals surface area contributed by atoms with Crippen molar-refractivity contribution < 1.29 is 84.6 Å². The number of phosphoric ester groups is 1. The van der Waals surface area contributed by atoms with Gasteiger partial charge in [0.05, 0.1) is 26.4 Å². The van der Waals surface area contributed by atoms with Crippen LogP contribution in [0.4, 0.5) is 14.0 Å². The van der Waals surface area contributed by atoms with Gasteiger partial charge in [-0.3, -0.25) is 9.32 Å². The number of carbonyl (C=O) groups excluding carboxylic acids is 3. The highest BCUT2D eigenvalue weighted by atomic mass is 31.2. The van der Waals surface area contributed by atoms with Crippen molar-refractivity contribution in [3.8, 4) is 0 Å². The zero-order valence-electron chi connectivity index (χ0n) is 25.9. The molecule has 0 spiro atoms. The second-order valence-corrected chi connectivity index (χ2v) is 11.8. The standard InChI is InChI=1S/C25H40FN2O17P/c1-15-19-20(25(19,12-26)44-21(15)28-7-6-18(29)27-22(28)30)45-46(33,40-13-38-23(31)42-16(8-34-2)9-35-3)41-14-39-24(32)43-17(10-36-4)11-37-5/h6-7,15-17,19-22,30H,8-14H2,1-5H3,(H,27,29)/t15-,19?,20?,21+,22?,25-/m0/s1. The van der Waals surface area contributed by atoms with Crippen molar-refractivity contribution in [2.45, 2.75) is 43.4 Å². The average molecular weight is 691 g/mol. The van der Waals surface area contributed by atoms with Gasteiger partial charge >= 0.3 is 20.1 Å². The third kappa shape index (κ3) is 9.69. The highest BCUT2D eigenvalue weighted by Gasteiger charge is 2.78. The minimum Gasteiger partial charge on any atom is -0.426 e. The summed E-state index contributed by atoms with van der Waals surface area (Å²) in [7, 11) is 0.726. The third-order valence-electron chi connectivity index (χ3n) is 7.03. The molecule has 0 radical (unpaired) electrons. The van der Waals surface area contributed by atoms with Crippen molar-refractivity contribution in [2.75, 3.05) is 75.1 Å². The van der Waals surface area contributed by atoms with Crippen LogP contribution in [0.5, 0.6) is 0 Å². The van der Waals surface area contributed by atoms with Gasteiger partial charge in [-0.05, 0) is 0 Å². The van der Waals surface area contributed by atoms with Gasteiger partial charge in [0.2, 0.25) is 25.8 Å². The highest BCUT2D eigenvalue weighted by molar-refractivity contribution is 7.48. The predicted octanol–water partition coefficient (Wildman–Crippen LogP) is 0.609. The zero-order valence-corrected chi connectivity index (χ0v) is 26.8. The van der Waals surface area contributed by atoms with E-state index in [0.717, 1.165) is 6.08 Å². The number of ether oxygens (including phenoxy) is 9. The fraction of sp³-hybridized carbons (Fsp3) is 0.800. The number of hydrogen-bond acceptors (Lipinski definition) is 18. The minimum absolute atomic E-state index is 0.0122. The van der Waals surface area contributed by atoms with Crippen LogP contribution in [0.3, 0.4) is 0 Å². The number of methoxy groups -OCH3 is 4. The molecule has 2 heterocycles. The summed E-state index contributed by atoms with van der Waals surface area (Å²) in [5.74, 6) is -1.81. The molecule has 3 unspecified atom stereocenters. The van der Waals surface area contributed by atoms with Gasteiger partial charge in [0.15, 0.2) is 12.2 Å². The largest absolute Gasteiger partial charge is 0.510 e. The molecule has 0 aromatic heterocycles. The van der Waals surface area contributed by atoms with Crippen molar-refractivity contribution in [1.82, 2.24) is 10.2 Å². The van der Waals surface area contributed by atoms with Gasteiger partial charge in [-0.25, -0.2) is 27.6 Å². The predicted molar refractivity (Wildman–Crippen MR) is 146 cm³/mol. The molecule has 0 aromatic carbocycles. The Morgan fingerprint density at radius 1 is 1.00 bits per heavy atom. The Morgan fingerprint density at radius 2 is 1.50 bits per heavy atom. The zero-order chi connectivity index (χ0) is 33.9. The maximum absolute atomic E-state index is 14.5. The molecule has 19 nitrogen and oxygen atoms in total. The molecule has 3 rings (SSSR count). The van der Waals surface area contributed by atoms with Crippen LogP contribution in [-0.2, 0) is 65.6 Å². The van der Waals surface area contributed by atoms with Crippen LogP contribution in [0, 0.1) is 11.8 Å². The van der Waals surface area contributed by atoms with E-state index in [0.29, 0.717) is 0 Å². The second-order valence-electron chi connectivity index (χ2n) is 10.2. The maximum atomic E-state index is 14.5. The lowest BCUT2D eigenvalue weighted by Crippen LogP contribution is -2.54. The molecular weight excluding hydrogens is 650 g/mol. The topological polar surface area (TPSA) is 215 Å². The number of halogens is 1. The number of aliphatic hydroxyl groups is 1. The summed E-state index contributed by atoms with van der Waals surface area (Å²) in [6.45, 7) is -1.53. The van der Waals surface area contributed by atoms with Gasteiger partial charge in [-0.1, -0.05) is 6.92 Å². The van der Waals surface area contributed by atoms with E-state index < -0.39 is 94.6 Å². The lowest BCUT2D eigenvalue weighted by Gasteiger charge is -2.38. The van der Waals surface area contributed by atoms with E-state index in [9.17, 15) is 28.4 Å². The molecule has 1 amide bonds. The SMILES string of the molecule is COCC(COC)OC(=O)OCOP(=O)(OCOC(=O)OC(COC)COC)OC1C2[C@H](C)[C@H](N3C=CC(=O)NC3O)O[C@]12CF. The lowest BCUT2D eigenvalue weighted by atomic mass is 10.0. The number of alkyl halides is 1. The van der Waals surface area contributed by atoms with Gasteiger partial charge in [0.1, 0.15) is 24.6 Å². The molecule has 264 valence electrons. The van der Waals surface area contributed by atoms with Crippen LogP contribution >= 0.6 is 7.82 Å². The Labute approximate surface area is 263 Å². The lowest BCUT2D eigenvalue weighted by molar-refractivity contribution is -0.165. The fourth-order valence-corrected chi connectivity index (χ4v) is 6.16. The van der Waals surface area contributed by atoms with Crippen molar-refractivity contribution in [3.63, 3.8) is 0 Å². The van der Waals surface area contributed by atoms with E-state index >= 15 is 0 Å². The van der Waals surface area contributed by atoms with Gasteiger partial charge in [-0.15, -0.1) is 0 Å². The van der Waals surface area contributed by atoms with Gasteiger partial charge in [0, 0.05) is 52.6 Å². The Morgan fingerprint density at radius 3 is 1.91 bits per heavy atom. The van der Waals surface area contributed by atoms with E-state index in [2.05, 4.69) is 5.32 Å². The monoisotopic (exact) mass is 690 g/mol. The van der Waals surface area contributed by atoms with E-state index in [1.165, 1.54) is 39.5 Å². The molecule has 0 bridgehead atoms. The summed E-state index contributed by atoms with van der Waals surface area (Å²) in [5, 5.41) is 12.5. The van der Waals surface area contributed by atoms with Gasteiger partial charge < -0.3 is 58.0 Å². The molecule has 46 heavy (non-hydrogen) atoms. The number of fused-ring (bicyclic) bond motifs is 1. The van der Waals surface area contributed by atoms with Gasteiger partial charge in [-0.2, -0.15) is 0 Å². The first-order chi connectivity index (χ1) is 22.0. The number of carbonyl (C=O) groups is 3. The smallest absolute Gasteiger partial charge is 0.426 e. The van der Waals surface area contributed by atoms with Crippen LogP contribution in [0.1, 0.15) is 6.92 Å². The van der Waals surface area contributed by atoms with E-state index in [-0.39, 0.29) is 26.4 Å². The number of phosphoric acid groups is 1. The quantitative estimate of drug-likeness (QED) is 0.102. The van der Waals surface area contributed by atoms with Gasteiger partial charge in [0.25, 0.3) is 0 Å². The van der Waals surface area contributed by atoms with Crippen LogP contribution in [0.2, 0.25) is 0 Å². The van der Waals surface area contributed by atoms with Crippen molar-refractivity contribution >= 4 is 26.0 Å². The fourth-order valence-electron chi connectivity index (χ4n) is 5.01. The Hall–Kier alpha value is -2.65. The summed E-state index contributed by atoms with van der Waals surface area (Å²) >= 11 is 0. The summed E-state index contributed by atoms with van der Waals surface area (Å²) in [4.78, 5) is 37.1.